The molecule has 3 aromatic carbocycles. The van der Waals surface area contributed by atoms with Gasteiger partial charge < -0.3 is 0 Å². The Kier molecular flexibility index (Phi) is 5.45. The van der Waals surface area contributed by atoms with Gasteiger partial charge in [0.25, 0.3) is 11.6 Å². The van der Waals surface area contributed by atoms with Crippen molar-refractivity contribution >= 4 is 49.5 Å². The second kappa shape index (κ2) is 8.57. The second-order valence-corrected chi connectivity index (χ2v) is 9.56. The number of carbonyl (C=O) groups excluding carboxylic acids is 1. The van der Waals surface area contributed by atoms with Gasteiger partial charge in [-0.3, -0.25) is 20.2 Å². The zero-order chi connectivity index (χ0) is 22.9. The molecular weight excluding hydrogens is 454 g/mol. The lowest BCUT2D eigenvalue weighted by molar-refractivity contribution is -0.384. The van der Waals surface area contributed by atoms with E-state index in [-0.39, 0.29) is 11.6 Å². The summed E-state index contributed by atoms with van der Waals surface area (Å²) >= 11 is 2.71. The molecule has 2 heterocycles. The molecule has 0 atom stereocenters. The molecule has 6 nitrogen and oxygen atoms in total. The number of anilines is 1. The number of nitro benzene ring substituents is 1. The van der Waals surface area contributed by atoms with E-state index >= 15 is 0 Å². The van der Waals surface area contributed by atoms with Crippen LogP contribution in [0.4, 0.5) is 10.8 Å². The number of carbonyl (C=O) groups is 1. The van der Waals surface area contributed by atoms with Crippen LogP contribution in [0.1, 0.15) is 15.2 Å². The first-order chi connectivity index (χ1) is 16.0. The van der Waals surface area contributed by atoms with Crippen LogP contribution in [0.3, 0.4) is 0 Å². The van der Waals surface area contributed by atoms with Crippen LogP contribution in [0.5, 0.6) is 0 Å². The first-order valence-electron chi connectivity index (χ1n) is 10.1. The molecule has 8 heteroatoms. The van der Waals surface area contributed by atoms with Crippen molar-refractivity contribution in [2.45, 2.75) is 6.92 Å². The van der Waals surface area contributed by atoms with Crippen LogP contribution >= 0.6 is 22.7 Å². The fourth-order valence-electron chi connectivity index (χ4n) is 3.48. The van der Waals surface area contributed by atoms with Crippen LogP contribution in [0, 0.1) is 17.0 Å². The predicted octanol–water partition coefficient (Wildman–Crippen LogP) is 7.16. The topological polar surface area (TPSA) is 85.1 Å². The van der Waals surface area contributed by atoms with Gasteiger partial charge in [0.2, 0.25) is 0 Å². The first-order valence-corrected chi connectivity index (χ1v) is 11.7. The minimum absolute atomic E-state index is 0.00224. The number of benzene rings is 3. The average molecular weight is 472 g/mol. The fraction of sp³-hybridized carbons (Fsp3) is 0.0400. The molecule has 2 aromatic heterocycles. The van der Waals surface area contributed by atoms with E-state index < -0.39 is 4.92 Å². The molecule has 0 aliphatic rings. The van der Waals surface area contributed by atoms with Gasteiger partial charge in [-0.15, -0.1) is 11.3 Å². The van der Waals surface area contributed by atoms with Crippen LogP contribution in [0.15, 0.2) is 78.9 Å². The van der Waals surface area contributed by atoms with Crippen molar-refractivity contribution in [1.29, 1.82) is 0 Å². The van der Waals surface area contributed by atoms with Crippen LogP contribution in [-0.4, -0.2) is 15.8 Å². The van der Waals surface area contributed by atoms with Crippen LogP contribution in [0.25, 0.3) is 31.8 Å². The van der Waals surface area contributed by atoms with Crippen molar-refractivity contribution in [2.24, 2.45) is 0 Å². The molecule has 5 rings (SSSR count). The van der Waals surface area contributed by atoms with E-state index in [2.05, 4.69) is 5.32 Å². The summed E-state index contributed by atoms with van der Waals surface area (Å²) in [7, 11) is 0. The number of aryl methyl sites for hydroxylation is 1. The van der Waals surface area contributed by atoms with Crippen LogP contribution in [-0.2, 0) is 0 Å². The number of nitro groups is 1. The Morgan fingerprint density at radius 3 is 2.42 bits per heavy atom. The predicted molar refractivity (Wildman–Crippen MR) is 134 cm³/mol. The largest absolute Gasteiger partial charge is 0.297 e. The van der Waals surface area contributed by atoms with Crippen molar-refractivity contribution < 1.29 is 9.72 Å². The molecule has 1 amide bonds. The summed E-state index contributed by atoms with van der Waals surface area (Å²) in [5.74, 6) is -0.289. The van der Waals surface area contributed by atoms with Crippen molar-refractivity contribution in [2.75, 3.05) is 5.32 Å². The highest BCUT2D eigenvalue weighted by atomic mass is 32.1. The van der Waals surface area contributed by atoms with E-state index in [9.17, 15) is 14.9 Å². The van der Waals surface area contributed by atoms with E-state index in [4.69, 9.17) is 4.98 Å². The average Bonchev–Trinajstić information content (AvgIpc) is 3.44. The number of fused-ring (bicyclic) bond motifs is 1. The molecule has 0 radical (unpaired) electrons. The molecule has 0 saturated carbocycles. The zero-order valence-corrected chi connectivity index (χ0v) is 19.1. The third kappa shape index (κ3) is 4.26. The minimum Gasteiger partial charge on any atom is -0.297 e. The lowest BCUT2D eigenvalue weighted by Gasteiger charge is -2.03. The van der Waals surface area contributed by atoms with Gasteiger partial charge in [0.05, 0.1) is 20.4 Å². The van der Waals surface area contributed by atoms with E-state index in [1.807, 2.05) is 61.5 Å². The van der Waals surface area contributed by atoms with Gasteiger partial charge in [-0.25, -0.2) is 4.98 Å². The lowest BCUT2D eigenvalue weighted by Crippen LogP contribution is -2.09. The molecule has 0 saturated heterocycles. The monoisotopic (exact) mass is 471 g/mol. The number of rotatable bonds is 5. The third-order valence-corrected chi connectivity index (χ3v) is 7.28. The summed E-state index contributed by atoms with van der Waals surface area (Å²) in [6.45, 7) is 2.04. The van der Waals surface area contributed by atoms with Gasteiger partial charge in [0, 0.05) is 27.8 Å². The smallest absolute Gasteiger partial charge is 0.270 e. The van der Waals surface area contributed by atoms with Gasteiger partial charge in [-0.05, 0) is 24.6 Å². The molecule has 162 valence electrons. The number of amides is 1. The number of hydrogen-bond acceptors (Lipinski definition) is 6. The van der Waals surface area contributed by atoms with Gasteiger partial charge in [0.1, 0.15) is 0 Å². The van der Waals surface area contributed by atoms with Gasteiger partial charge in [-0.2, -0.15) is 0 Å². The maximum atomic E-state index is 13.0. The zero-order valence-electron chi connectivity index (χ0n) is 17.4. The molecule has 0 spiro atoms. The van der Waals surface area contributed by atoms with Gasteiger partial charge in [-0.1, -0.05) is 71.5 Å². The Balaban J connectivity index is 1.49. The normalized spacial score (nSPS) is 10.9. The Hall–Kier alpha value is -3.88. The molecule has 1 N–H and O–H groups in total. The Morgan fingerprint density at radius 1 is 0.939 bits per heavy atom. The summed E-state index contributed by atoms with van der Waals surface area (Å²) in [5.41, 5.74) is 3.98. The minimum atomic E-state index is -0.440. The number of thiazole rings is 1. The third-order valence-electron chi connectivity index (χ3n) is 5.14. The first kappa shape index (κ1) is 21.0. The summed E-state index contributed by atoms with van der Waals surface area (Å²) in [6.07, 6.45) is 0. The van der Waals surface area contributed by atoms with Gasteiger partial charge >= 0.3 is 0 Å². The highest BCUT2D eigenvalue weighted by Crippen LogP contribution is 2.39. The summed E-state index contributed by atoms with van der Waals surface area (Å²) in [6, 6.07) is 24.4. The van der Waals surface area contributed by atoms with E-state index in [0.29, 0.717) is 15.4 Å². The summed E-state index contributed by atoms with van der Waals surface area (Å²) in [5, 5.41) is 15.1. The lowest BCUT2D eigenvalue weighted by atomic mass is 10.1. The van der Waals surface area contributed by atoms with Crippen LogP contribution in [0.2, 0.25) is 0 Å². The van der Waals surface area contributed by atoms with Gasteiger partial charge in [0.15, 0.2) is 5.13 Å². The fourth-order valence-corrected chi connectivity index (χ4v) is 5.41. The second-order valence-electron chi connectivity index (χ2n) is 7.47. The Morgan fingerprint density at radius 2 is 1.70 bits per heavy atom. The standard InChI is InChI=1S/C25H17N3O3S2/c1-15-7-9-16(10-8-15)22-23(17-5-3-2-4-6-17)33-25(26-22)27-24(29)21-14-18-13-19(28(30)31)11-12-20(18)32-21/h2-14H,1H3,(H,26,27,29). The summed E-state index contributed by atoms with van der Waals surface area (Å²) in [4.78, 5) is 29.8. The number of aromatic nitrogens is 1. The molecule has 0 unspecified atom stereocenters. The Labute approximate surface area is 197 Å². The highest BCUT2D eigenvalue weighted by Gasteiger charge is 2.19. The molecular formula is C25H17N3O3S2. The highest BCUT2D eigenvalue weighted by molar-refractivity contribution is 7.21. The van der Waals surface area contributed by atoms with Crippen LogP contribution < -0.4 is 5.32 Å². The molecule has 0 fully saturated rings. The van der Waals surface area contributed by atoms with E-state index in [1.165, 1.54) is 34.8 Å². The molecule has 0 aliphatic carbocycles. The number of hydrogen-bond donors (Lipinski definition) is 1. The van der Waals surface area contributed by atoms with Crippen molar-refractivity contribution in [3.8, 4) is 21.7 Å². The quantitative estimate of drug-likeness (QED) is 0.218. The Bertz CT molecular complexity index is 1490. The number of thiophene rings is 1. The van der Waals surface area contributed by atoms with E-state index in [1.54, 1.807) is 12.1 Å². The number of non-ortho nitro benzene ring substituents is 1. The number of nitrogens with one attached hydrogen (secondary N) is 1. The summed E-state index contributed by atoms with van der Waals surface area (Å²) < 4.78 is 0.815. The van der Waals surface area contributed by atoms with Crippen molar-refractivity contribution in [3.05, 3.63) is 99.4 Å². The molecule has 0 aliphatic heterocycles. The maximum Gasteiger partial charge on any atom is 0.270 e. The van der Waals surface area contributed by atoms with Crippen molar-refractivity contribution in [1.82, 2.24) is 4.98 Å². The number of nitrogens with zero attached hydrogens (tertiary/aromatic N) is 2. The SMILES string of the molecule is Cc1ccc(-c2nc(NC(=O)c3cc4cc([N+](=O)[O-])ccc4s3)sc2-c2ccccc2)cc1. The van der Waals surface area contributed by atoms with E-state index in [0.717, 1.165) is 32.0 Å². The molecule has 33 heavy (non-hydrogen) atoms. The maximum absolute atomic E-state index is 13.0. The van der Waals surface area contributed by atoms with Crippen molar-refractivity contribution in [3.63, 3.8) is 0 Å². The molecule has 5 aromatic rings. The molecule has 0 bridgehead atoms.